The van der Waals surface area contributed by atoms with Gasteiger partial charge in [0.2, 0.25) is 10.0 Å². The molecule has 2 fully saturated rings. The molecule has 4 nitrogen and oxygen atoms in total. The highest BCUT2D eigenvalue weighted by Gasteiger charge is 2.39. The van der Waals surface area contributed by atoms with E-state index in [2.05, 4.69) is 4.72 Å². The zero-order valence-corrected chi connectivity index (χ0v) is 13.1. The molecule has 0 saturated heterocycles. The van der Waals surface area contributed by atoms with Gasteiger partial charge in [-0.15, -0.1) is 0 Å². The molecule has 3 rings (SSSR count). The van der Waals surface area contributed by atoms with Gasteiger partial charge >= 0.3 is 0 Å². The molecule has 2 saturated carbocycles. The van der Waals surface area contributed by atoms with Crippen molar-refractivity contribution in [3.8, 4) is 0 Å². The second-order valence-corrected chi connectivity index (χ2v) is 8.24. The van der Waals surface area contributed by atoms with E-state index >= 15 is 0 Å². The van der Waals surface area contributed by atoms with E-state index in [0.29, 0.717) is 23.9 Å². The first-order valence-corrected chi connectivity index (χ1v) is 9.35. The number of nitrogens with one attached hydrogen (secondary N) is 1. The summed E-state index contributed by atoms with van der Waals surface area (Å²) in [5.74, 6) is 2.12. The summed E-state index contributed by atoms with van der Waals surface area (Å²) in [5, 5.41) is 0. The molecular formula is C16H24N2O2S. The highest BCUT2D eigenvalue weighted by Crippen LogP contribution is 2.48. The molecule has 2 aliphatic carbocycles. The number of benzene rings is 1. The summed E-state index contributed by atoms with van der Waals surface area (Å²) in [4.78, 5) is 0.353. The van der Waals surface area contributed by atoms with Crippen molar-refractivity contribution in [2.75, 3.05) is 13.1 Å². The van der Waals surface area contributed by atoms with Gasteiger partial charge in [-0.05, 0) is 67.7 Å². The smallest absolute Gasteiger partial charge is 0.240 e. The lowest BCUT2D eigenvalue weighted by Gasteiger charge is -2.21. The van der Waals surface area contributed by atoms with Gasteiger partial charge in [0.25, 0.3) is 0 Å². The van der Waals surface area contributed by atoms with Crippen LogP contribution in [0.1, 0.15) is 31.2 Å². The first kappa shape index (κ1) is 15.0. The van der Waals surface area contributed by atoms with Crippen molar-refractivity contribution in [1.29, 1.82) is 0 Å². The van der Waals surface area contributed by atoms with Crippen LogP contribution in [0, 0.1) is 17.8 Å². The van der Waals surface area contributed by atoms with E-state index in [1.54, 1.807) is 12.1 Å². The molecule has 2 bridgehead atoms. The third kappa shape index (κ3) is 3.30. The number of fused-ring (bicyclic) bond motifs is 2. The Balaban J connectivity index is 1.61. The van der Waals surface area contributed by atoms with E-state index in [4.69, 9.17) is 5.73 Å². The summed E-state index contributed by atoms with van der Waals surface area (Å²) in [6, 6.07) is 7.04. The van der Waals surface area contributed by atoms with E-state index in [1.807, 2.05) is 12.1 Å². The van der Waals surface area contributed by atoms with E-state index in [9.17, 15) is 8.42 Å². The van der Waals surface area contributed by atoms with E-state index in [1.165, 1.54) is 25.7 Å². The van der Waals surface area contributed by atoms with Crippen molar-refractivity contribution in [3.05, 3.63) is 29.8 Å². The van der Waals surface area contributed by atoms with Gasteiger partial charge in [-0.3, -0.25) is 0 Å². The minimum atomic E-state index is -3.38. The second kappa shape index (κ2) is 6.07. The van der Waals surface area contributed by atoms with Gasteiger partial charge in [0.1, 0.15) is 0 Å². The number of hydrogen-bond acceptors (Lipinski definition) is 3. The van der Waals surface area contributed by atoms with Crippen LogP contribution in [0.2, 0.25) is 0 Å². The summed E-state index contributed by atoms with van der Waals surface area (Å²) in [6.45, 7) is 1.17. The molecule has 3 unspecified atom stereocenters. The normalized spacial score (nSPS) is 28.1. The molecule has 0 amide bonds. The fourth-order valence-electron chi connectivity index (χ4n) is 3.93. The average Bonchev–Trinajstić information content (AvgIpc) is 3.09. The Bertz CT molecular complexity index is 583. The third-order valence-corrected chi connectivity index (χ3v) is 6.53. The van der Waals surface area contributed by atoms with Crippen LogP contribution in [0.3, 0.4) is 0 Å². The molecule has 0 radical (unpaired) electrons. The van der Waals surface area contributed by atoms with Crippen molar-refractivity contribution < 1.29 is 8.42 Å². The van der Waals surface area contributed by atoms with Crippen LogP contribution < -0.4 is 10.5 Å². The van der Waals surface area contributed by atoms with Crippen molar-refractivity contribution in [1.82, 2.24) is 4.72 Å². The highest BCUT2D eigenvalue weighted by atomic mass is 32.2. The summed E-state index contributed by atoms with van der Waals surface area (Å²) >= 11 is 0. The maximum atomic E-state index is 12.3. The van der Waals surface area contributed by atoms with Gasteiger partial charge in [0, 0.05) is 6.54 Å². The lowest BCUT2D eigenvalue weighted by Crippen LogP contribution is -2.31. The summed E-state index contributed by atoms with van der Waals surface area (Å²) < 4.78 is 27.5. The predicted molar refractivity (Wildman–Crippen MR) is 83.3 cm³/mol. The van der Waals surface area contributed by atoms with Gasteiger partial charge in [0.15, 0.2) is 0 Å². The molecule has 3 atom stereocenters. The molecule has 21 heavy (non-hydrogen) atoms. The van der Waals surface area contributed by atoms with Crippen LogP contribution in [0.5, 0.6) is 0 Å². The predicted octanol–water partition coefficient (Wildman–Crippen LogP) is 1.90. The van der Waals surface area contributed by atoms with Gasteiger partial charge in [-0.25, -0.2) is 13.1 Å². The second-order valence-electron chi connectivity index (χ2n) is 6.47. The van der Waals surface area contributed by atoms with E-state index in [-0.39, 0.29) is 0 Å². The minimum absolute atomic E-state index is 0.353. The molecule has 1 aromatic carbocycles. The summed E-state index contributed by atoms with van der Waals surface area (Å²) in [6.07, 6.45) is 5.91. The van der Waals surface area contributed by atoms with Crippen molar-refractivity contribution in [2.45, 2.75) is 37.0 Å². The Labute approximate surface area is 127 Å². The quantitative estimate of drug-likeness (QED) is 0.843. The lowest BCUT2D eigenvalue weighted by atomic mass is 9.89. The molecule has 2 aliphatic rings. The molecule has 0 aliphatic heterocycles. The molecule has 116 valence electrons. The fraction of sp³-hybridized carbons (Fsp3) is 0.625. The molecular weight excluding hydrogens is 284 g/mol. The van der Waals surface area contributed by atoms with Crippen LogP contribution in [0.15, 0.2) is 29.2 Å². The van der Waals surface area contributed by atoms with Gasteiger partial charge in [-0.1, -0.05) is 18.6 Å². The topological polar surface area (TPSA) is 72.2 Å². The standard InChI is InChI=1S/C16H24N2O2S/c17-8-7-12-2-5-16(6-3-12)21(19,20)18-11-15-10-13-1-4-14(15)9-13/h2-3,5-6,13-15,18H,1,4,7-11,17H2. The van der Waals surface area contributed by atoms with Crippen LogP contribution >= 0.6 is 0 Å². The lowest BCUT2D eigenvalue weighted by molar-refractivity contribution is 0.333. The zero-order valence-electron chi connectivity index (χ0n) is 12.3. The maximum Gasteiger partial charge on any atom is 0.240 e. The molecule has 3 N–H and O–H groups in total. The number of sulfonamides is 1. The minimum Gasteiger partial charge on any atom is -0.330 e. The van der Waals surface area contributed by atoms with Crippen LogP contribution in [-0.4, -0.2) is 21.5 Å². The van der Waals surface area contributed by atoms with Crippen molar-refractivity contribution in [3.63, 3.8) is 0 Å². The molecule has 5 heteroatoms. The van der Waals surface area contributed by atoms with Crippen molar-refractivity contribution >= 4 is 10.0 Å². The number of nitrogens with two attached hydrogens (primary N) is 1. The summed E-state index contributed by atoms with van der Waals surface area (Å²) in [7, 11) is -3.38. The zero-order chi connectivity index (χ0) is 14.9. The molecule has 0 spiro atoms. The largest absolute Gasteiger partial charge is 0.330 e. The Morgan fingerprint density at radius 2 is 1.90 bits per heavy atom. The number of rotatable bonds is 6. The summed E-state index contributed by atoms with van der Waals surface area (Å²) in [5.41, 5.74) is 6.57. The van der Waals surface area contributed by atoms with Gasteiger partial charge in [0.05, 0.1) is 4.90 Å². The van der Waals surface area contributed by atoms with Crippen LogP contribution in [-0.2, 0) is 16.4 Å². The molecule has 0 heterocycles. The monoisotopic (exact) mass is 308 g/mol. The average molecular weight is 308 g/mol. The van der Waals surface area contributed by atoms with E-state index in [0.717, 1.165) is 23.8 Å². The first-order valence-electron chi connectivity index (χ1n) is 7.87. The van der Waals surface area contributed by atoms with Crippen molar-refractivity contribution in [2.24, 2.45) is 23.5 Å². The Hall–Kier alpha value is -0.910. The van der Waals surface area contributed by atoms with Crippen LogP contribution in [0.25, 0.3) is 0 Å². The Morgan fingerprint density at radius 3 is 2.48 bits per heavy atom. The molecule has 1 aromatic rings. The Morgan fingerprint density at radius 1 is 1.14 bits per heavy atom. The first-order chi connectivity index (χ1) is 10.1. The van der Waals surface area contributed by atoms with Gasteiger partial charge < -0.3 is 5.73 Å². The SMILES string of the molecule is NCCc1ccc(S(=O)(=O)NCC2CC3CCC2C3)cc1. The maximum absolute atomic E-state index is 12.3. The van der Waals surface area contributed by atoms with E-state index < -0.39 is 10.0 Å². The third-order valence-electron chi connectivity index (χ3n) is 5.09. The highest BCUT2D eigenvalue weighted by molar-refractivity contribution is 7.89. The van der Waals surface area contributed by atoms with Crippen LogP contribution in [0.4, 0.5) is 0 Å². The fourth-order valence-corrected chi connectivity index (χ4v) is 5.02. The molecule has 0 aromatic heterocycles. The Kier molecular flexibility index (Phi) is 4.33. The number of hydrogen-bond donors (Lipinski definition) is 2. The van der Waals surface area contributed by atoms with Gasteiger partial charge in [-0.2, -0.15) is 0 Å².